The van der Waals surface area contributed by atoms with Crippen LogP contribution < -0.4 is 0 Å². The molecule has 0 radical (unpaired) electrons. The smallest absolute Gasteiger partial charge is 0.549 e. The minimum Gasteiger partial charge on any atom is -0.549 e. The number of carbonyl (C=O) groups is 3. The molecular formula is C12H21AlO9. The predicted molar refractivity (Wildman–Crippen MR) is 72.9 cm³/mol. The van der Waals surface area contributed by atoms with E-state index in [-0.39, 0.29) is 19.3 Å². The summed E-state index contributed by atoms with van der Waals surface area (Å²) < 4.78 is 14.0. The van der Waals surface area contributed by atoms with E-state index in [4.69, 9.17) is 0 Å². The second kappa shape index (κ2) is 10.5. The molecule has 0 aliphatic carbocycles. The third kappa shape index (κ3) is 7.20. The van der Waals surface area contributed by atoms with Crippen LogP contribution in [0, 0.1) is 0 Å². The van der Waals surface area contributed by atoms with E-state index < -0.39 is 51.4 Å². The normalized spacial score (nSPS) is 14.5. The van der Waals surface area contributed by atoms with Gasteiger partial charge in [0.15, 0.2) is 0 Å². The molecular weight excluding hydrogens is 315 g/mol. The fourth-order valence-electron chi connectivity index (χ4n) is 1.09. The first-order valence-electron chi connectivity index (χ1n) is 6.92. The molecule has 0 aromatic heterocycles. The third-order valence-electron chi connectivity index (χ3n) is 2.61. The van der Waals surface area contributed by atoms with Crippen molar-refractivity contribution in [3.05, 3.63) is 0 Å². The molecule has 10 heteroatoms. The summed E-state index contributed by atoms with van der Waals surface area (Å²) in [6, 6.07) is 0. The Labute approximate surface area is 133 Å². The third-order valence-corrected chi connectivity index (χ3v) is 3.89. The monoisotopic (exact) mass is 336 g/mol. The number of aliphatic hydroxyl groups is 3. The Hall–Kier alpha value is -1.18. The van der Waals surface area contributed by atoms with Crippen LogP contribution in [-0.4, -0.2) is 66.7 Å². The predicted octanol–water partition coefficient (Wildman–Crippen LogP) is -1.09. The Morgan fingerprint density at radius 1 is 0.727 bits per heavy atom. The molecule has 3 unspecified atom stereocenters. The number of hydrogen-bond donors (Lipinski definition) is 3. The molecule has 126 valence electrons. The van der Waals surface area contributed by atoms with E-state index in [1.807, 2.05) is 0 Å². The van der Waals surface area contributed by atoms with Gasteiger partial charge in [-0.15, -0.1) is 0 Å². The van der Waals surface area contributed by atoms with Crippen molar-refractivity contribution in [2.24, 2.45) is 0 Å². The molecule has 0 saturated carbocycles. The lowest BCUT2D eigenvalue weighted by Crippen LogP contribution is -2.42. The highest BCUT2D eigenvalue weighted by atomic mass is 27.3. The van der Waals surface area contributed by atoms with Gasteiger partial charge in [-0.05, 0) is 19.3 Å². The van der Waals surface area contributed by atoms with Gasteiger partial charge in [0.2, 0.25) is 0 Å². The average Bonchev–Trinajstić information content (AvgIpc) is 2.51. The van der Waals surface area contributed by atoms with Crippen LogP contribution in [0.5, 0.6) is 0 Å². The van der Waals surface area contributed by atoms with E-state index >= 15 is 0 Å². The summed E-state index contributed by atoms with van der Waals surface area (Å²) in [6.45, 7) is 4.55. The highest BCUT2D eigenvalue weighted by Gasteiger charge is 2.51. The second-order valence-electron chi connectivity index (χ2n) is 4.37. The maximum absolute atomic E-state index is 11.5. The summed E-state index contributed by atoms with van der Waals surface area (Å²) in [6.07, 6.45) is -4.22. The molecule has 0 rings (SSSR count). The summed E-state index contributed by atoms with van der Waals surface area (Å²) in [4.78, 5) is 34.4. The topological polar surface area (TPSA) is 140 Å². The SMILES string of the molecule is CCC(O)C(=O)[O][Al]([O]C(=O)C(O)CC)[O]C(=O)C(O)CC. The van der Waals surface area contributed by atoms with Gasteiger partial charge in [-0.1, -0.05) is 20.8 Å². The van der Waals surface area contributed by atoms with E-state index in [9.17, 15) is 29.7 Å². The van der Waals surface area contributed by atoms with Crippen molar-refractivity contribution in [3.8, 4) is 0 Å². The van der Waals surface area contributed by atoms with Gasteiger partial charge in [-0.2, -0.15) is 0 Å². The molecule has 0 aromatic rings. The Bertz CT molecular complexity index is 330. The lowest BCUT2D eigenvalue weighted by molar-refractivity contribution is -0.158. The first-order valence-corrected chi connectivity index (χ1v) is 8.33. The van der Waals surface area contributed by atoms with Crippen molar-refractivity contribution in [1.29, 1.82) is 0 Å². The van der Waals surface area contributed by atoms with Crippen LogP contribution >= 0.6 is 0 Å². The number of rotatable bonds is 9. The van der Waals surface area contributed by atoms with E-state index in [0.717, 1.165) is 0 Å². The van der Waals surface area contributed by atoms with Crippen LogP contribution in [0.25, 0.3) is 0 Å². The molecule has 3 N–H and O–H groups in total. The summed E-state index contributed by atoms with van der Waals surface area (Å²) >= 11 is -3.65. The molecule has 0 spiro atoms. The lowest BCUT2D eigenvalue weighted by atomic mass is 10.3. The van der Waals surface area contributed by atoms with Crippen molar-refractivity contribution >= 4 is 33.1 Å². The Balaban J connectivity index is 4.86. The largest absolute Gasteiger partial charge is 1.20 e. The van der Waals surface area contributed by atoms with E-state index in [1.54, 1.807) is 0 Å². The highest BCUT2D eigenvalue weighted by molar-refractivity contribution is 6.44. The summed E-state index contributed by atoms with van der Waals surface area (Å²) in [7, 11) is 0. The second-order valence-corrected chi connectivity index (χ2v) is 5.66. The summed E-state index contributed by atoms with van der Waals surface area (Å²) in [5, 5.41) is 28.0. The first-order chi connectivity index (χ1) is 10.3. The van der Waals surface area contributed by atoms with Crippen LogP contribution in [0.3, 0.4) is 0 Å². The van der Waals surface area contributed by atoms with Gasteiger partial charge in [-0.25, -0.2) is 0 Å². The zero-order valence-electron chi connectivity index (χ0n) is 12.7. The number of hydrogen-bond acceptors (Lipinski definition) is 9. The maximum Gasteiger partial charge on any atom is 1.20 e. The van der Waals surface area contributed by atoms with Gasteiger partial charge in [-0.3, -0.25) is 14.4 Å². The standard InChI is InChI=1S/3C4H8O3.Al/c3*1-2-3(5)4(6)7;/h3*3,5H,2H2,1H3,(H,6,7);/q;;;+3/p-3. The molecule has 0 aliphatic rings. The molecule has 3 atom stereocenters. The van der Waals surface area contributed by atoms with Gasteiger partial charge in [0.1, 0.15) is 18.3 Å². The molecule has 0 heterocycles. The molecule has 0 saturated heterocycles. The van der Waals surface area contributed by atoms with Crippen LogP contribution in [0.2, 0.25) is 0 Å². The van der Waals surface area contributed by atoms with Gasteiger partial charge >= 0.3 is 33.1 Å². The molecule has 9 nitrogen and oxygen atoms in total. The van der Waals surface area contributed by atoms with Crippen molar-refractivity contribution in [2.45, 2.75) is 58.3 Å². The van der Waals surface area contributed by atoms with Gasteiger partial charge < -0.3 is 26.7 Å². The fraction of sp³-hybridized carbons (Fsp3) is 0.750. The molecule has 22 heavy (non-hydrogen) atoms. The minimum absolute atomic E-state index is 0.0526. The van der Waals surface area contributed by atoms with Crippen LogP contribution in [0.1, 0.15) is 40.0 Å². The first kappa shape index (κ1) is 20.8. The molecule has 0 amide bonds. The van der Waals surface area contributed by atoms with Crippen LogP contribution in [-0.2, 0) is 25.7 Å². The highest BCUT2D eigenvalue weighted by Crippen LogP contribution is 2.05. The van der Waals surface area contributed by atoms with Crippen molar-refractivity contribution in [1.82, 2.24) is 0 Å². The Kier molecular flexibility index (Phi) is 9.97. The molecule has 0 aromatic carbocycles. The van der Waals surface area contributed by atoms with E-state index in [0.29, 0.717) is 0 Å². The van der Waals surface area contributed by atoms with Crippen molar-refractivity contribution in [2.75, 3.05) is 0 Å². The van der Waals surface area contributed by atoms with Gasteiger partial charge in [0, 0.05) is 0 Å². The quantitative estimate of drug-likeness (QED) is 0.448. The fourth-order valence-corrected chi connectivity index (χ4v) is 2.28. The van der Waals surface area contributed by atoms with Gasteiger partial charge in [0.25, 0.3) is 0 Å². The minimum atomic E-state index is -3.65. The number of carbonyl (C=O) groups excluding carboxylic acids is 3. The molecule has 0 bridgehead atoms. The van der Waals surface area contributed by atoms with Crippen molar-refractivity contribution in [3.63, 3.8) is 0 Å². The van der Waals surface area contributed by atoms with E-state index in [1.165, 1.54) is 20.8 Å². The Morgan fingerprint density at radius 2 is 0.955 bits per heavy atom. The zero-order valence-corrected chi connectivity index (χ0v) is 13.9. The van der Waals surface area contributed by atoms with Gasteiger partial charge in [0.05, 0.1) is 0 Å². The summed E-state index contributed by atoms with van der Waals surface area (Å²) in [5.41, 5.74) is 0. The van der Waals surface area contributed by atoms with Crippen LogP contribution in [0.15, 0.2) is 0 Å². The zero-order chi connectivity index (χ0) is 17.3. The molecule has 0 fully saturated rings. The summed E-state index contributed by atoms with van der Waals surface area (Å²) in [5.74, 6) is -3.34. The van der Waals surface area contributed by atoms with Crippen LogP contribution in [0.4, 0.5) is 0 Å². The number of aliphatic hydroxyl groups excluding tert-OH is 3. The Morgan fingerprint density at radius 3 is 1.14 bits per heavy atom. The average molecular weight is 336 g/mol. The maximum atomic E-state index is 11.5. The van der Waals surface area contributed by atoms with Crippen molar-refractivity contribution < 1.29 is 41.1 Å². The van der Waals surface area contributed by atoms with E-state index in [2.05, 4.69) is 11.4 Å². The lowest BCUT2D eigenvalue weighted by Gasteiger charge is -2.17. The molecule has 0 aliphatic heterocycles.